The predicted molar refractivity (Wildman–Crippen MR) is 82.3 cm³/mol. The van der Waals surface area contributed by atoms with Crippen molar-refractivity contribution in [1.82, 2.24) is 0 Å². The molecule has 1 rings (SSSR count). The molecule has 1 N–H and O–H groups in total. The Morgan fingerprint density at radius 3 is 1.96 bits per heavy atom. The second kappa shape index (κ2) is 9.16. The van der Waals surface area contributed by atoms with Gasteiger partial charge in [-0.25, -0.2) is 0 Å². The van der Waals surface area contributed by atoms with Gasteiger partial charge in [-0.3, -0.25) is 19.2 Å². The molecule has 1 fully saturated rings. The number of hydrogen-bond donors (Lipinski definition) is 1. The maximum absolute atomic E-state index is 11.5. The number of carbonyl (C=O) groups is 4. The first-order chi connectivity index (χ1) is 12.5. The summed E-state index contributed by atoms with van der Waals surface area (Å²) >= 11 is 0. The van der Waals surface area contributed by atoms with Crippen LogP contribution in [-0.4, -0.2) is 65.9 Å². The molecule has 0 spiro atoms. The van der Waals surface area contributed by atoms with Crippen LogP contribution >= 0.6 is 0 Å². The SMILES string of the molecule is CC(=O)OC[C@H]1O[C@](O)(N=[N+]=[N-])[C@H](OC(C)=O)[C@@H](OC(C)=O)[C@@H]1OC(C)=O. The normalized spacial score (nSPS) is 29.7. The van der Waals surface area contributed by atoms with Gasteiger partial charge in [-0.15, -0.1) is 0 Å². The first-order valence-electron chi connectivity index (χ1n) is 7.61. The van der Waals surface area contributed by atoms with E-state index in [1.807, 2.05) is 0 Å². The number of carbonyl (C=O) groups excluding carboxylic acids is 4. The number of azide groups is 1. The third-order valence-corrected chi connectivity index (χ3v) is 3.22. The Balaban J connectivity index is 3.43. The quantitative estimate of drug-likeness (QED) is 0.208. The lowest BCUT2D eigenvalue weighted by Crippen LogP contribution is -2.67. The van der Waals surface area contributed by atoms with Crippen LogP contribution in [0.1, 0.15) is 27.7 Å². The molecule has 27 heavy (non-hydrogen) atoms. The van der Waals surface area contributed by atoms with Crippen LogP contribution in [0.3, 0.4) is 0 Å². The van der Waals surface area contributed by atoms with Crippen LogP contribution in [0, 0.1) is 0 Å². The minimum absolute atomic E-state index is 0.554. The summed E-state index contributed by atoms with van der Waals surface area (Å²) in [6.07, 6.45) is -6.36. The van der Waals surface area contributed by atoms with E-state index in [2.05, 4.69) is 10.0 Å². The van der Waals surface area contributed by atoms with E-state index in [1.54, 1.807) is 0 Å². The van der Waals surface area contributed by atoms with Crippen LogP contribution in [0.4, 0.5) is 0 Å². The van der Waals surface area contributed by atoms with Crippen molar-refractivity contribution in [2.45, 2.75) is 58.0 Å². The lowest BCUT2D eigenvalue weighted by Gasteiger charge is -2.46. The van der Waals surface area contributed by atoms with Gasteiger partial charge in [-0.05, 0) is 10.6 Å². The summed E-state index contributed by atoms with van der Waals surface area (Å²) in [6.45, 7) is 3.57. The van der Waals surface area contributed by atoms with Crippen LogP contribution in [0.2, 0.25) is 0 Å². The van der Waals surface area contributed by atoms with E-state index in [-0.39, 0.29) is 0 Å². The third-order valence-electron chi connectivity index (χ3n) is 3.22. The van der Waals surface area contributed by atoms with Crippen LogP contribution in [0.15, 0.2) is 5.11 Å². The van der Waals surface area contributed by atoms with Crippen molar-refractivity contribution in [3.63, 3.8) is 0 Å². The molecular formula is C14H19N3O10. The molecule has 1 aliphatic heterocycles. The first-order valence-corrected chi connectivity index (χ1v) is 7.61. The summed E-state index contributed by atoms with van der Waals surface area (Å²) in [4.78, 5) is 47.9. The smallest absolute Gasteiger partial charge is 0.303 e. The number of hydrogen-bond acceptors (Lipinski definition) is 11. The maximum Gasteiger partial charge on any atom is 0.303 e. The second-order valence-corrected chi connectivity index (χ2v) is 5.49. The second-order valence-electron chi connectivity index (χ2n) is 5.49. The monoisotopic (exact) mass is 389 g/mol. The van der Waals surface area contributed by atoms with Gasteiger partial charge < -0.3 is 28.8 Å². The molecule has 0 aliphatic carbocycles. The van der Waals surface area contributed by atoms with Crippen molar-refractivity contribution >= 4 is 23.9 Å². The third kappa shape index (κ3) is 6.09. The highest BCUT2D eigenvalue weighted by Gasteiger charge is 2.59. The maximum atomic E-state index is 11.5. The van der Waals surface area contributed by atoms with E-state index in [9.17, 15) is 24.3 Å². The fourth-order valence-electron chi connectivity index (χ4n) is 2.41. The minimum Gasteiger partial charge on any atom is -0.463 e. The van der Waals surface area contributed by atoms with Gasteiger partial charge in [0.2, 0.25) is 6.10 Å². The van der Waals surface area contributed by atoms with Crippen molar-refractivity contribution in [3.05, 3.63) is 10.4 Å². The standard InChI is InChI=1S/C14H19N3O10/c1-6(18)23-5-10-11(24-7(2)19)12(25-8(3)20)13(26-9(4)21)14(22,27-10)16-17-15/h10-13,22H,5H2,1-4H3/t10-,11-,12+,13-,14+/m1/s1. The largest absolute Gasteiger partial charge is 0.463 e. The number of rotatable bonds is 6. The van der Waals surface area contributed by atoms with E-state index >= 15 is 0 Å². The zero-order valence-electron chi connectivity index (χ0n) is 15.0. The molecule has 0 unspecified atom stereocenters. The highest BCUT2D eigenvalue weighted by Crippen LogP contribution is 2.35. The van der Waals surface area contributed by atoms with E-state index in [1.165, 1.54) is 0 Å². The molecule has 1 aliphatic rings. The lowest BCUT2D eigenvalue weighted by atomic mass is 9.95. The van der Waals surface area contributed by atoms with Crippen LogP contribution in [0.5, 0.6) is 0 Å². The topological polar surface area (TPSA) is 183 Å². The summed E-state index contributed by atoms with van der Waals surface area (Å²) in [6, 6.07) is 0. The van der Waals surface area contributed by atoms with E-state index in [0.717, 1.165) is 27.7 Å². The fraction of sp³-hybridized carbons (Fsp3) is 0.714. The zero-order valence-corrected chi connectivity index (χ0v) is 15.0. The van der Waals surface area contributed by atoms with Crippen molar-refractivity contribution in [2.24, 2.45) is 5.11 Å². The molecule has 5 atom stereocenters. The number of ether oxygens (including phenoxy) is 5. The zero-order chi connectivity index (χ0) is 20.8. The molecule has 0 saturated carbocycles. The summed E-state index contributed by atoms with van der Waals surface area (Å²) in [7, 11) is 0. The summed E-state index contributed by atoms with van der Waals surface area (Å²) in [5, 5.41) is 13.6. The van der Waals surface area contributed by atoms with Crippen LogP contribution < -0.4 is 0 Å². The molecular weight excluding hydrogens is 370 g/mol. The molecule has 0 aromatic rings. The molecule has 1 heterocycles. The van der Waals surface area contributed by atoms with Crippen molar-refractivity contribution in [3.8, 4) is 0 Å². The van der Waals surface area contributed by atoms with Gasteiger partial charge in [0.25, 0.3) is 5.91 Å². The molecule has 1 saturated heterocycles. The van der Waals surface area contributed by atoms with Gasteiger partial charge in [-0.1, -0.05) is 0 Å². The average Bonchev–Trinajstić information content (AvgIpc) is 2.51. The van der Waals surface area contributed by atoms with Gasteiger partial charge in [-0.2, -0.15) is 0 Å². The Kier molecular flexibility index (Phi) is 7.52. The van der Waals surface area contributed by atoms with Gasteiger partial charge in [0.15, 0.2) is 12.2 Å². The predicted octanol–water partition coefficient (Wildman–Crippen LogP) is -0.300. The number of aliphatic hydroxyl groups is 1. The molecule has 0 radical (unpaired) electrons. The highest BCUT2D eigenvalue weighted by molar-refractivity contribution is 5.68. The van der Waals surface area contributed by atoms with E-state index < -0.39 is 60.8 Å². The van der Waals surface area contributed by atoms with Gasteiger partial charge >= 0.3 is 23.9 Å². The Morgan fingerprint density at radius 2 is 1.52 bits per heavy atom. The van der Waals surface area contributed by atoms with Gasteiger partial charge in [0, 0.05) is 32.6 Å². The summed E-state index contributed by atoms with van der Waals surface area (Å²) in [5.41, 5.74) is 8.72. The van der Waals surface area contributed by atoms with Crippen molar-refractivity contribution < 1.29 is 48.0 Å². The van der Waals surface area contributed by atoms with E-state index in [4.69, 9.17) is 29.2 Å². The lowest BCUT2D eigenvalue weighted by molar-refractivity contribution is -0.349. The molecule has 13 heteroatoms. The van der Waals surface area contributed by atoms with Gasteiger partial charge in [0.1, 0.15) is 12.7 Å². The Bertz CT molecular complexity index is 662. The molecule has 0 aromatic carbocycles. The Morgan fingerprint density at radius 1 is 1.00 bits per heavy atom. The van der Waals surface area contributed by atoms with Crippen molar-refractivity contribution in [1.29, 1.82) is 0 Å². The Labute approximate surface area is 153 Å². The van der Waals surface area contributed by atoms with Crippen LogP contribution in [-0.2, 0) is 42.9 Å². The van der Waals surface area contributed by atoms with Gasteiger partial charge in [0.05, 0.1) is 0 Å². The van der Waals surface area contributed by atoms with E-state index in [0.29, 0.717) is 0 Å². The molecule has 0 bridgehead atoms. The summed E-state index contributed by atoms with van der Waals surface area (Å²) < 4.78 is 25.0. The number of nitrogens with zero attached hydrogens (tertiary/aromatic N) is 3. The molecule has 0 amide bonds. The molecule has 13 nitrogen and oxygen atoms in total. The fourth-order valence-corrected chi connectivity index (χ4v) is 2.41. The highest BCUT2D eigenvalue weighted by atomic mass is 16.7. The minimum atomic E-state index is -2.83. The Hall–Kier alpha value is -2.89. The average molecular weight is 389 g/mol. The van der Waals surface area contributed by atoms with Crippen LogP contribution in [0.25, 0.3) is 10.4 Å². The number of esters is 4. The summed E-state index contributed by atoms with van der Waals surface area (Å²) in [5.74, 6) is -6.21. The molecule has 0 aromatic heterocycles. The first kappa shape index (κ1) is 22.2. The molecule has 150 valence electrons. The van der Waals surface area contributed by atoms with Crippen molar-refractivity contribution in [2.75, 3.05) is 6.61 Å².